The number of imidazole rings is 1. The third-order valence-electron chi connectivity index (χ3n) is 2.94. The van der Waals surface area contributed by atoms with E-state index in [2.05, 4.69) is 20.9 Å². The van der Waals surface area contributed by atoms with Gasteiger partial charge in [-0.15, -0.1) is 0 Å². The maximum absolute atomic E-state index is 11.9. The number of hydrogen-bond donors (Lipinski definition) is 0. The van der Waals surface area contributed by atoms with Gasteiger partial charge >= 0.3 is 5.69 Å². The van der Waals surface area contributed by atoms with Gasteiger partial charge in [0.1, 0.15) is 0 Å². The number of nitrogens with zero attached hydrogens (tertiary/aromatic N) is 4. The molecule has 0 amide bonds. The Morgan fingerprint density at radius 2 is 1.94 bits per heavy atom. The Hall–Kier alpha value is -1.37. The molecule has 0 spiro atoms. The average molecular weight is 285 g/mol. The van der Waals surface area contributed by atoms with Gasteiger partial charge in [0.15, 0.2) is 15.9 Å². The van der Waals surface area contributed by atoms with Crippen molar-refractivity contribution in [1.82, 2.24) is 18.7 Å². The Morgan fingerprint density at radius 1 is 1.25 bits per heavy atom. The van der Waals surface area contributed by atoms with E-state index < -0.39 is 0 Å². The largest absolute Gasteiger partial charge is 0.332 e. The smallest absolute Gasteiger partial charge is 0.304 e. The molecule has 0 aliphatic carbocycles. The minimum absolute atomic E-state index is 0.272. The van der Waals surface area contributed by atoms with Crippen molar-refractivity contribution in [2.75, 3.05) is 0 Å². The van der Waals surface area contributed by atoms with Gasteiger partial charge in [0.05, 0.1) is 0 Å². The van der Waals surface area contributed by atoms with Gasteiger partial charge in [-0.2, -0.15) is 0 Å². The fourth-order valence-corrected chi connectivity index (χ4v) is 2.66. The lowest BCUT2D eigenvalue weighted by atomic mass is 10.3. The molecule has 3 rings (SSSR count). The van der Waals surface area contributed by atoms with Crippen molar-refractivity contribution in [3.8, 4) is 0 Å². The first-order valence-corrected chi connectivity index (χ1v) is 5.76. The van der Waals surface area contributed by atoms with Crippen molar-refractivity contribution in [3.63, 3.8) is 0 Å². The maximum Gasteiger partial charge on any atom is 0.332 e. The van der Waals surface area contributed by atoms with Crippen LogP contribution in [0.25, 0.3) is 11.2 Å². The molecule has 1 aliphatic heterocycles. The zero-order valence-electron chi connectivity index (χ0n) is 8.60. The summed E-state index contributed by atoms with van der Waals surface area (Å²) in [7, 11) is 1.48. The minimum atomic E-state index is -0.336. The third-order valence-corrected chi connectivity index (χ3v) is 3.54. The van der Waals surface area contributed by atoms with Crippen LogP contribution in [-0.2, 0) is 20.1 Å². The quantitative estimate of drug-likeness (QED) is 0.643. The van der Waals surface area contributed by atoms with Gasteiger partial charge in [-0.05, 0) is 22.4 Å². The zero-order chi connectivity index (χ0) is 11.4. The fraction of sp³-hybridized carbons (Fsp3) is 0.444. The molecular formula is C9H9BrN4O2. The number of rotatable bonds is 0. The lowest BCUT2D eigenvalue weighted by Crippen LogP contribution is -2.40. The van der Waals surface area contributed by atoms with E-state index in [1.165, 1.54) is 7.05 Å². The summed E-state index contributed by atoms with van der Waals surface area (Å²) < 4.78 is 5.19. The normalized spacial score (nSPS) is 14.6. The molecule has 16 heavy (non-hydrogen) atoms. The van der Waals surface area contributed by atoms with E-state index in [4.69, 9.17) is 0 Å². The zero-order valence-corrected chi connectivity index (χ0v) is 10.2. The first-order chi connectivity index (χ1) is 7.61. The van der Waals surface area contributed by atoms with E-state index >= 15 is 0 Å². The van der Waals surface area contributed by atoms with Crippen LogP contribution >= 0.6 is 15.9 Å². The summed E-state index contributed by atoms with van der Waals surface area (Å²) in [5.41, 5.74) is 0.378. The van der Waals surface area contributed by atoms with Gasteiger partial charge in [-0.25, -0.2) is 9.78 Å². The number of hydrogen-bond acceptors (Lipinski definition) is 3. The molecule has 0 radical (unpaired) electrons. The van der Waals surface area contributed by atoms with E-state index in [1.807, 2.05) is 4.57 Å². The molecule has 3 heterocycles. The Kier molecular flexibility index (Phi) is 1.88. The van der Waals surface area contributed by atoms with Crippen molar-refractivity contribution in [2.24, 2.45) is 7.05 Å². The van der Waals surface area contributed by atoms with Crippen LogP contribution in [0.4, 0.5) is 0 Å². The van der Waals surface area contributed by atoms with E-state index in [0.29, 0.717) is 22.4 Å². The highest BCUT2D eigenvalue weighted by Crippen LogP contribution is 2.20. The summed E-state index contributed by atoms with van der Waals surface area (Å²) in [4.78, 5) is 27.9. The average Bonchev–Trinajstić information content (AvgIpc) is 2.63. The second-order valence-corrected chi connectivity index (χ2v) is 4.57. The van der Waals surface area contributed by atoms with Crippen LogP contribution in [0.1, 0.15) is 6.42 Å². The van der Waals surface area contributed by atoms with Crippen molar-refractivity contribution in [2.45, 2.75) is 19.5 Å². The van der Waals surface area contributed by atoms with Crippen molar-refractivity contribution in [3.05, 3.63) is 25.6 Å². The van der Waals surface area contributed by atoms with E-state index in [0.717, 1.165) is 17.5 Å². The van der Waals surface area contributed by atoms with Crippen molar-refractivity contribution in [1.29, 1.82) is 0 Å². The molecule has 0 saturated carbocycles. The number of aromatic nitrogens is 4. The number of aryl methyl sites for hydroxylation is 2. The predicted molar refractivity (Wildman–Crippen MR) is 61.6 cm³/mol. The molecule has 1 aliphatic rings. The maximum atomic E-state index is 11.9. The second-order valence-electron chi connectivity index (χ2n) is 3.86. The van der Waals surface area contributed by atoms with Crippen LogP contribution < -0.4 is 11.2 Å². The summed E-state index contributed by atoms with van der Waals surface area (Å²) in [6.07, 6.45) is 0.870. The molecule has 0 atom stereocenters. The molecule has 84 valence electrons. The van der Waals surface area contributed by atoms with Gasteiger partial charge in [-0.1, -0.05) is 0 Å². The molecular weight excluding hydrogens is 276 g/mol. The molecule has 2 aromatic rings. The molecule has 0 N–H and O–H groups in total. The lowest BCUT2D eigenvalue weighted by Gasteiger charge is -2.17. The Bertz CT molecular complexity index is 709. The van der Waals surface area contributed by atoms with Crippen LogP contribution in [0.2, 0.25) is 0 Å². The Labute approximate surface area is 98.3 Å². The summed E-state index contributed by atoms with van der Waals surface area (Å²) in [5.74, 6) is 0. The van der Waals surface area contributed by atoms with Crippen molar-refractivity contribution < 1.29 is 0 Å². The third kappa shape index (κ3) is 1.03. The van der Waals surface area contributed by atoms with Gasteiger partial charge < -0.3 is 4.57 Å². The van der Waals surface area contributed by atoms with Crippen LogP contribution in [0.3, 0.4) is 0 Å². The van der Waals surface area contributed by atoms with Crippen LogP contribution in [0, 0.1) is 0 Å². The van der Waals surface area contributed by atoms with Crippen LogP contribution in [0.15, 0.2) is 14.3 Å². The summed E-state index contributed by atoms with van der Waals surface area (Å²) >= 11 is 3.31. The highest BCUT2D eigenvalue weighted by Gasteiger charge is 2.21. The summed E-state index contributed by atoms with van der Waals surface area (Å²) in [5, 5.41) is 0. The molecule has 6 nitrogen and oxygen atoms in total. The number of halogens is 1. The molecule has 0 aromatic carbocycles. The van der Waals surface area contributed by atoms with Crippen LogP contribution in [0.5, 0.6) is 0 Å². The van der Waals surface area contributed by atoms with E-state index in [9.17, 15) is 9.59 Å². The van der Waals surface area contributed by atoms with E-state index in [1.54, 1.807) is 4.57 Å². The standard InChI is InChI=1S/C9H9BrN4O2/c1-12-7(15)5-6-13(8(10)11-5)3-2-4-14(6)9(12)16/h2-4H2,1H3. The van der Waals surface area contributed by atoms with Gasteiger partial charge in [-0.3, -0.25) is 13.9 Å². The molecule has 0 saturated heterocycles. The molecule has 0 unspecified atom stereocenters. The highest BCUT2D eigenvalue weighted by atomic mass is 79.9. The lowest BCUT2D eigenvalue weighted by molar-refractivity contribution is 0.493. The molecule has 2 aromatic heterocycles. The fourth-order valence-electron chi connectivity index (χ4n) is 2.14. The SMILES string of the molecule is Cn1c(=O)c2nc(Br)n3c2n(c1=O)CCC3. The van der Waals surface area contributed by atoms with Crippen LogP contribution in [-0.4, -0.2) is 18.7 Å². The predicted octanol–water partition coefficient (Wildman–Crippen LogP) is 0.0629. The first-order valence-electron chi connectivity index (χ1n) is 4.97. The molecule has 7 heteroatoms. The molecule has 0 bridgehead atoms. The Balaban J connectivity index is 2.68. The minimum Gasteiger partial charge on any atom is -0.304 e. The highest BCUT2D eigenvalue weighted by molar-refractivity contribution is 9.10. The summed E-state index contributed by atoms with van der Waals surface area (Å²) in [6.45, 7) is 1.42. The topological polar surface area (TPSA) is 61.8 Å². The van der Waals surface area contributed by atoms with Gasteiger partial charge in [0.25, 0.3) is 5.56 Å². The second kappa shape index (κ2) is 3.07. The van der Waals surface area contributed by atoms with E-state index in [-0.39, 0.29) is 11.2 Å². The first kappa shape index (κ1) is 9.83. The monoisotopic (exact) mass is 284 g/mol. The molecule has 0 fully saturated rings. The van der Waals surface area contributed by atoms with Crippen molar-refractivity contribution >= 4 is 27.1 Å². The Morgan fingerprint density at radius 3 is 2.69 bits per heavy atom. The van der Waals surface area contributed by atoms with Gasteiger partial charge in [0, 0.05) is 20.1 Å². The van der Waals surface area contributed by atoms with Gasteiger partial charge in [0.2, 0.25) is 0 Å². The summed E-state index contributed by atoms with van der Waals surface area (Å²) in [6, 6.07) is 0.